The van der Waals surface area contributed by atoms with E-state index in [1.807, 2.05) is 0 Å². The van der Waals surface area contributed by atoms with Crippen molar-refractivity contribution in [3.8, 4) is 0 Å². The van der Waals surface area contributed by atoms with Crippen molar-refractivity contribution in [3.05, 3.63) is 24.3 Å². The zero-order valence-electron chi connectivity index (χ0n) is 6.06. The van der Waals surface area contributed by atoms with E-state index in [0.29, 0.717) is 5.69 Å². The molecule has 0 aliphatic rings. The lowest BCUT2D eigenvalue weighted by Gasteiger charge is -2.01. The maximum absolute atomic E-state index is 10.9. The maximum atomic E-state index is 10.9. The molecular formula is C6H8N2O2S2. The van der Waals surface area contributed by atoms with Crippen LogP contribution in [-0.4, -0.2) is 8.76 Å². The van der Waals surface area contributed by atoms with Crippen LogP contribution in [0.2, 0.25) is 0 Å². The third kappa shape index (κ3) is 2.15. The number of rotatable bonds is 2. The van der Waals surface area contributed by atoms with Crippen LogP contribution in [-0.2, 0) is 20.0 Å². The number of hydrogen-bond acceptors (Lipinski definition) is 4. The molecule has 1 atom stereocenters. The van der Waals surface area contributed by atoms with Gasteiger partial charge in [-0.3, -0.25) is 5.84 Å². The summed E-state index contributed by atoms with van der Waals surface area (Å²) in [6.07, 6.45) is 0. The van der Waals surface area contributed by atoms with Crippen LogP contribution in [0.3, 0.4) is 0 Å². The molecule has 1 aromatic rings. The van der Waals surface area contributed by atoms with Crippen LogP contribution in [0.5, 0.6) is 0 Å². The smallest absolute Gasteiger partial charge is 0.171 e. The molecular weight excluding hydrogens is 196 g/mol. The Balaban J connectivity index is 3.09. The average molecular weight is 204 g/mol. The fourth-order valence-electron chi connectivity index (χ4n) is 0.723. The Kier molecular flexibility index (Phi) is 2.63. The van der Waals surface area contributed by atoms with Crippen molar-refractivity contribution < 1.29 is 8.76 Å². The van der Waals surface area contributed by atoms with E-state index in [2.05, 4.69) is 16.6 Å². The van der Waals surface area contributed by atoms with E-state index < -0.39 is 8.77 Å². The second-order valence-electron chi connectivity index (χ2n) is 2.14. The zero-order chi connectivity index (χ0) is 9.19. The molecule has 0 aliphatic carbocycles. The zero-order valence-corrected chi connectivity index (χ0v) is 7.69. The van der Waals surface area contributed by atoms with Crippen LogP contribution >= 0.6 is 0 Å². The minimum absolute atomic E-state index is 0.219. The van der Waals surface area contributed by atoms with Crippen molar-refractivity contribution in [1.82, 2.24) is 0 Å². The summed E-state index contributed by atoms with van der Waals surface area (Å²) in [5.74, 6) is 5.10. The highest BCUT2D eigenvalue weighted by molar-refractivity contribution is 8.29. The van der Waals surface area contributed by atoms with Gasteiger partial charge in [0.25, 0.3) is 0 Å². The largest absolute Gasteiger partial charge is 0.324 e. The van der Waals surface area contributed by atoms with Gasteiger partial charge >= 0.3 is 0 Å². The Hall–Kier alpha value is -0.690. The Morgan fingerprint density at radius 2 is 1.92 bits per heavy atom. The standard InChI is InChI=1S/C6H8N2O2S2/c7-8-5-1-3-6(4-2-5)12(9,10)11/h1-4,8H,7H2,(H,9,10,11). The topological polar surface area (TPSA) is 75.3 Å². The number of hydrazine groups is 1. The highest BCUT2D eigenvalue weighted by Gasteiger charge is 2.03. The molecule has 4 nitrogen and oxygen atoms in total. The molecule has 0 bridgehead atoms. The van der Waals surface area contributed by atoms with Gasteiger partial charge in [-0.1, -0.05) is 0 Å². The Bertz CT molecular complexity index is 358. The molecule has 0 radical (unpaired) electrons. The molecule has 0 saturated heterocycles. The highest BCUT2D eigenvalue weighted by Crippen LogP contribution is 2.12. The molecule has 0 aromatic heterocycles. The van der Waals surface area contributed by atoms with E-state index in [1.54, 1.807) is 12.1 Å². The highest BCUT2D eigenvalue weighted by atomic mass is 32.8. The molecule has 4 N–H and O–H groups in total. The lowest BCUT2D eigenvalue weighted by molar-refractivity contribution is 0.562. The molecule has 0 fully saturated rings. The number of benzene rings is 1. The van der Waals surface area contributed by atoms with Crippen molar-refractivity contribution in [2.45, 2.75) is 4.90 Å². The molecule has 0 amide bonds. The van der Waals surface area contributed by atoms with Crippen molar-refractivity contribution in [3.63, 3.8) is 0 Å². The van der Waals surface area contributed by atoms with Crippen LogP contribution in [0.15, 0.2) is 29.2 Å². The quantitative estimate of drug-likeness (QED) is 0.484. The molecule has 0 aliphatic heterocycles. The van der Waals surface area contributed by atoms with E-state index >= 15 is 0 Å². The molecule has 1 unspecified atom stereocenters. The van der Waals surface area contributed by atoms with E-state index in [1.165, 1.54) is 12.1 Å². The van der Waals surface area contributed by atoms with Crippen molar-refractivity contribution in [2.75, 3.05) is 5.43 Å². The van der Waals surface area contributed by atoms with Gasteiger partial charge in [0.05, 0.1) is 4.90 Å². The number of nitrogens with one attached hydrogen (secondary N) is 1. The summed E-state index contributed by atoms with van der Waals surface area (Å²) in [5.41, 5.74) is 3.06. The van der Waals surface area contributed by atoms with Gasteiger partial charge < -0.3 is 9.98 Å². The summed E-state index contributed by atoms with van der Waals surface area (Å²) in [5, 5.41) is 0. The second-order valence-corrected chi connectivity index (χ2v) is 4.92. The number of hydrogen-bond donors (Lipinski definition) is 3. The third-order valence-electron chi connectivity index (χ3n) is 1.32. The first-order valence-corrected chi connectivity index (χ1v) is 5.52. The van der Waals surface area contributed by atoms with Crippen LogP contribution in [0, 0.1) is 0 Å². The van der Waals surface area contributed by atoms with Gasteiger partial charge in [0.2, 0.25) is 0 Å². The molecule has 6 heteroatoms. The predicted molar refractivity (Wildman–Crippen MR) is 50.7 cm³/mol. The van der Waals surface area contributed by atoms with Gasteiger partial charge in [0.1, 0.15) is 0 Å². The number of nitrogen functional groups attached to an aromatic ring is 1. The minimum atomic E-state index is -3.26. The lowest BCUT2D eigenvalue weighted by Crippen LogP contribution is -2.06. The third-order valence-corrected chi connectivity index (χ3v) is 2.76. The van der Waals surface area contributed by atoms with Gasteiger partial charge in [0.15, 0.2) is 8.77 Å². The van der Waals surface area contributed by atoms with Gasteiger partial charge in [-0.15, -0.1) is 0 Å². The van der Waals surface area contributed by atoms with Crippen LogP contribution in [0.4, 0.5) is 5.69 Å². The van der Waals surface area contributed by atoms with Crippen LogP contribution in [0.25, 0.3) is 0 Å². The fourth-order valence-corrected chi connectivity index (χ4v) is 1.54. The Labute approximate surface area is 75.2 Å². The molecule has 12 heavy (non-hydrogen) atoms. The minimum Gasteiger partial charge on any atom is -0.324 e. The molecule has 66 valence electrons. The summed E-state index contributed by atoms with van der Waals surface area (Å²) < 4.78 is 19.9. The van der Waals surface area contributed by atoms with Gasteiger partial charge in [-0.05, 0) is 24.3 Å². The number of anilines is 1. The summed E-state index contributed by atoms with van der Waals surface area (Å²) in [6.45, 7) is 0. The molecule has 0 heterocycles. The van der Waals surface area contributed by atoms with Crippen molar-refractivity contribution >= 4 is 25.6 Å². The number of nitrogens with two attached hydrogens (primary N) is 1. The second kappa shape index (κ2) is 3.36. The van der Waals surface area contributed by atoms with Gasteiger partial charge in [0, 0.05) is 16.9 Å². The van der Waals surface area contributed by atoms with Gasteiger partial charge in [-0.25, -0.2) is 4.21 Å². The molecule has 0 spiro atoms. The van der Waals surface area contributed by atoms with E-state index in [0.717, 1.165) is 0 Å². The maximum Gasteiger partial charge on any atom is 0.171 e. The van der Waals surface area contributed by atoms with E-state index in [4.69, 9.17) is 10.4 Å². The first-order valence-electron chi connectivity index (χ1n) is 3.08. The lowest BCUT2D eigenvalue weighted by atomic mass is 10.3. The van der Waals surface area contributed by atoms with E-state index in [-0.39, 0.29) is 4.90 Å². The van der Waals surface area contributed by atoms with Crippen LogP contribution < -0.4 is 11.3 Å². The summed E-state index contributed by atoms with van der Waals surface area (Å²) in [4.78, 5) is 0.219. The normalized spacial score (nSPS) is 15.2. The monoisotopic (exact) mass is 204 g/mol. The predicted octanol–water partition coefficient (Wildman–Crippen LogP) is 0.550. The van der Waals surface area contributed by atoms with Crippen molar-refractivity contribution in [1.29, 1.82) is 0 Å². The Morgan fingerprint density at radius 1 is 1.42 bits per heavy atom. The summed E-state index contributed by atoms with van der Waals surface area (Å²) in [7, 11) is -3.26. The SMILES string of the molecule is NNc1ccc(S(=O)(O)=S)cc1. The summed E-state index contributed by atoms with van der Waals surface area (Å²) >= 11 is 4.36. The van der Waals surface area contributed by atoms with E-state index in [9.17, 15) is 4.21 Å². The first-order chi connectivity index (χ1) is 5.54. The Morgan fingerprint density at radius 3 is 2.25 bits per heavy atom. The molecule has 1 aromatic carbocycles. The van der Waals surface area contributed by atoms with Crippen LogP contribution in [0.1, 0.15) is 0 Å². The van der Waals surface area contributed by atoms with Gasteiger partial charge in [-0.2, -0.15) is 0 Å². The first kappa shape index (κ1) is 9.40. The fraction of sp³-hybridized carbons (Fsp3) is 0. The molecule has 0 saturated carbocycles. The summed E-state index contributed by atoms with van der Waals surface area (Å²) in [6, 6.07) is 6.09. The van der Waals surface area contributed by atoms with Crippen molar-refractivity contribution in [2.24, 2.45) is 5.84 Å². The molecule has 1 rings (SSSR count). The average Bonchev–Trinajstić information content (AvgIpc) is 2.03.